The minimum atomic E-state index is -3.57. The summed E-state index contributed by atoms with van der Waals surface area (Å²) in [6.45, 7) is 0.474. The Morgan fingerprint density at radius 1 is 1.50 bits per heavy atom. The smallest absolute Gasteiger partial charge is 0.244 e. The summed E-state index contributed by atoms with van der Waals surface area (Å²) in [5, 5.41) is 0. The van der Waals surface area contributed by atoms with Gasteiger partial charge in [-0.2, -0.15) is 0 Å². The summed E-state index contributed by atoms with van der Waals surface area (Å²) in [4.78, 5) is 0.0753. The molecule has 0 radical (unpaired) electrons. The van der Waals surface area contributed by atoms with E-state index in [1.807, 2.05) is 0 Å². The molecule has 0 unspecified atom stereocenters. The molecular weight excluding hydrogens is 320 g/mol. The van der Waals surface area contributed by atoms with E-state index in [9.17, 15) is 8.42 Å². The molecule has 1 fully saturated rings. The van der Waals surface area contributed by atoms with Gasteiger partial charge in [-0.15, -0.1) is 0 Å². The van der Waals surface area contributed by atoms with Crippen LogP contribution in [0.4, 0.5) is 5.69 Å². The van der Waals surface area contributed by atoms with Crippen LogP contribution in [0.1, 0.15) is 12.8 Å². The molecule has 5 nitrogen and oxygen atoms in total. The van der Waals surface area contributed by atoms with E-state index in [1.165, 1.54) is 13.2 Å². The first kappa shape index (κ1) is 13.6. The maximum atomic E-state index is 12.1. The van der Waals surface area contributed by atoms with Crippen LogP contribution in [0.2, 0.25) is 0 Å². The third-order valence-electron chi connectivity index (χ3n) is 2.83. The lowest BCUT2D eigenvalue weighted by Gasteiger charge is -2.12. The normalized spacial score (nSPS) is 15.7. The molecule has 1 saturated carbocycles. The molecule has 1 aromatic carbocycles. The summed E-state index contributed by atoms with van der Waals surface area (Å²) in [5.74, 6) is 0.748. The number of rotatable bonds is 5. The Kier molecular flexibility index (Phi) is 3.84. The monoisotopic (exact) mass is 334 g/mol. The topological polar surface area (TPSA) is 81.4 Å². The lowest BCUT2D eigenvalue weighted by molar-refractivity contribution is 0.402. The second kappa shape index (κ2) is 5.07. The van der Waals surface area contributed by atoms with Crippen molar-refractivity contribution < 1.29 is 13.2 Å². The third kappa shape index (κ3) is 2.96. The molecule has 0 amide bonds. The van der Waals surface area contributed by atoms with Crippen molar-refractivity contribution in [3.63, 3.8) is 0 Å². The van der Waals surface area contributed by atoms with E-state index in [-0.39, 0.29) is 10.6 Å². The van der Waals surface area contributed by atoms with Gasteiger partial charge < -0.3 is 10.5 Å². The third-order valence-corrected chi connectivity index (χ3v) is 4.96. The zero-order valence-corrected chi connectivity index (χ0v) is 12.3. The quantitative estimate of drug-likeness (QED) is 0.803. The first-order valence-corrected chi connectivity index (χ1v) is 7.84. The molecule has 18 heavy (non-hydrogen) atoms. The Bertz CT molecular complexity index is 556. The molecule has 3 N–H and O–H groups in total. The zero-order chi connectivity index (χ0) is 13.3. The summed E-state index contributed by atoms with van der Waals surface area (Å²) in [5.41, 5.74) is 6.08. The van der Waals surface area contributed by atoms with Crippen LogP contribution in [0, 0.1) is 5.92 Å². The second-order valence-electron chi connectivity index (χ2n) is 4.32. The molecule has 0 bridgehead atoms. The molecule has 0 atom stereocenters. The maximum absolute atomic E-state index is 12.1. The highest BCUT2D eigenvalue weighted by Crippen LogP contribution is 2.33. The Morgan fingerprint density at radius 3 is 2.72 bits per heavy atom. The summed E-state index contributed by atoms with van der Waals surface area (Å²) >= 11 is 3.24. The van der Waals surface area contributed by atoms with Crippen molar-refractivity contribution in [1.29, 1.82) is 0 Å². The summed E-state index contributed by atoms with van der Waals surface area (Å²) in [7, 11) is -2.14. The first-order valence-electron chi connectivity index (χ1n) is 5.56. The average molecular weight is 335 g/mol. The van der Waals surface area contributed by atoms with Crippen LogP contribution in [0.5, 0.6) is 5.75 Å². The number of hydrogen-bond acceptors (Lipinski definition) is 4. The lowest BCUT2D eigenvalue weighted by atomic mass is 10.3. The van der Waals surface area contributed by atoms with Crippen LogP contribution in [0.3, 0.4) is 0 Å². The van der Waals surface area contributed by atoms with Gasteiger partial charge in [0.25, 0.3) is 0 Å². The highest BCUT2D eigenvalue weighted by atomic mass is 79.9. The SMILES string of the molecule is COc1cc(Br)c(N)cc1S(=O)(=O)NCC1CC1. The number of nitrogens with two attached hydrogens (primary N) is 1. The number of nitrogen functional groups attached to an aromatic ring is 1. The first-order chi connectivity index (χ1) is 8.44. The van der Waals surface area contributed by atoms with Crippen molar-refractivity contribution in [3.8, 4) is 5.75 Å². The molecule has 100 valence electrons. The standard InChI is InChI=1S/C11H15BrN2O3S/c1-17-10-4-8(12)9(13)5-11(10)18(15,16)14-6-7-2-3-7/h4-5,7,14H,2-3,6,13H2,1H3. The van der Waals surface area contributed by atoms with Crippen molar-refractivity contribution in [2.45, 2.75) is 17.7 Å². The molecule has 0 saturated heterocycles. The molecular formula is C11H15BrN2O3S. The predicted octanol–water partition coefficient (Wildman–Crippen LogP) is 1.73. The molecule has 7 heteroatoms. The number of methoxy groups -OCH3 is 1. The van der Waals surface area contributed by atoms with Gasteiger partial charge in [-0.3, -0.25) is 0 Å². The molecule has 0 heterocycles. The highest BCUT2D eigenvalue weighted by molar-refractivity contribution is 9.10. The van der Waals surface area contributed by atoms with E-state index < -0.39 is 10.0 Å². The fraction of sp³-hybridized carbons (Fsp3) is 0.455. The maximum Gasteiger partial charge on any atom is 0.244 e. The van der Waals surface area contributed by atoms with Crippen molar-refractivity contribution >= 4 is 31.6 Å². The molecule has 0 aromatic heterocycles. The van der Waals surface area contributed by atoms with Crippen molar-refractivity contribution in [1.82, 2.24) is 4.72 Å². The van der Waals surface area contributed by atoms with Gasteiger partial charge in [-0.25, -0.2) is 13.1 Å². The zero-order valence-electron chi connectivity index (χ0n) is 9.94. The molecule has 1 aliphatic carbocycles. The Hall–Kier alpha value is -0.790. The Labute approximate surface area is 115 Å². The number of benzene rings is 1. The van der Waals surface area contributed by atoms with Crippen LogP contribution >= 0.6 is 15.9 Å². The number of hydrogen-bond donors (Lipinski definition) is 2. The molecule has 1 aliphatic rings. The van der Waals surface area contributed by atoms with Crippen molar-refractivity contribution in [2.24, 2.45) is 5.92 Å². The lowest BCUT2D eigenvalue weighted by Crippen LogP contribution is -2.26. The van der Waals surface area contributed by atoms with Gasteiger partial charge in [0, 0.05) is 16.7 Å². The van der Waals surface area contributed by atoms with E-state index >= 15 is 0 Å². The van der Waals surface area contributed by atoms with Crippen LogP contribution in [-0.2, 0) is 10.0 Å². The van der Waals surface area contributed by atoms with Gasteiger partial charge in [0.2, 0.25) is 10.0 Å². The van der Waals surface area contributed by atoms with Crippen LogP contribution in [0.15, 0.2) is 21.5 Å². The van der Waals surface area contributed by atoms with Crippen LogP contribution < -0.4 is 15.2 Å². The largest absolute Gasteiger partial charge is 0.495 e. The number of ether oxygens (including phenoxy) is 1. The minimum absolute atomic E-state index is 0.0753. The average Bonchev–Trinajstić information content (AvgIpc) is 3.13. The van der Waals surface area contributed by atoms with Gasteiger partial charge in [0.15, 0.2) is 0 Å². The summed E-state index contributed by atoms with van der Waals surface area (Å²) in [6, 6.07) is 2.96. The molecule has 2 rings (SSSR count). The van der Waals surface area contributed by atoms with E-state index in [1.54, 1.807) is 6.07 Å². The summed E-state index contributed by atoms with van der Waals surface area (Å²) < 4.78 is 32.6. The second-order valence-corrected chi connectivity index (χ2v) is 6.91. The minimum Gasteiger partial charge on any atom is -0.495 e. The van der Waals surface area contributed by atoms with E-state index in [2.05, 4.69) is 20.7 Å². The number of halogens is 1. The molecule has 0 spiro atoms. The highest BCUT2D eigenvalue weighted by Gasteiger charge is 2.26. The van der Waals surface area contributed by atoms with E-state index in [0.717, 1.165) is 12.8 Å². The Balaban J connectivity index is 2.32. The fourth-order valence-corrected chi connectivity index (χ4v) is 3.17. The van der Waals surface area contributed by atoms with Crippen molar-refractivity contribution in [3.05, 3.63) is 16.6 Å². The van der Waals surface area contributed by atoms with E-state index in [4.69, 9.17) is 10.5 Å². The van der Waals surface area contributed by atoms with Crippen LogP contribution in [-0.4, -0.2) is 22.1 Å². The summed E-state index contributed by atoms with van der Waals surface area (Å²) in [6.07, 6.45) is 2.17. The van der Waals surface area contributed by atoms with Gasteiger partial charge >= 0.3 is 0 Å². The molecule has 1 aromatic rings. The Morgan fingerprint density at radius 2 is 2.17 bits per heavy atom. The van der Waals surface area contributed by atoms with Gasteiger partial charge in [0.05, 0.1) is 7.11 Å². The van der Waals surface area contributed by atoms with Crippen LogP contribution in [0.25, 0.3) is 0 Å². The number of sulfonamides is 1. The van der Waals surface area contributed by atoms with Gasteiger partial charge in [-0.05, 0) is 46.8 Å². The predicted molar refractivity (Wildman–Crippen MR) is 73.0 cm³/mol. The number of nitrogens with one attached hydrogen (secondary N) is 1. The van der Waals surface area contributed by atoms with Crippen molar-refractivity contribution in [2.75, 3.05) is 19.4 Å². The van der Waals surface area contributed by atoms with Gasteiger partial charge in [-0.1, -0.05) is 0 Å². The number of anilines is 1. The van der Waals surface area contributed by atoms with E-state index in [0.29, 0.717) is 22.6 Å². The molecule has 0 aliphatic heterocycles. The fourth-order valence-electron chi connectivity index (χ4n) is 1.55. The van der Waals surface area contributed by atoms with Gasteiger partial charge in [0.1, 0.15) is 10.6 Å².